The molecule has 6 unspecified atom stereocenters. The molecular weight excluding hydrogens is 252 g/mol. The highest BCUT2D eigenvalue weighted by Crippen LogP contribution is 2.51. The molecule has 0 aromatic heterocycles. The van der Waals surface area contributed by atoms with E-state index >= 15 is 0 Å². The van der Waals surface area contributed by atoms with E-state index in [1.807, 2.05) is 0 Å². The summed E-state index contributed by atoms with van der Waals surface area (Å²) in [6.07, 6.45) is 7.17. The Balaban J connectivity index is 1.85. The zero-order chi connectivity index (χ0) is 12.0. The number of hydrogen-bond acceptors (Lipinski definition) is 2. The van der Waals surface area contributed by atoms with Gasteiger partial charge in [-0.05, 0) is 31.6 Å². The SMILES string of the molecule is CC1CCC(Cl)C2C(=O)C3CCCCC3SC12. The molecule has 3 fully saturated rings. The molecule has 0 N–H and O–H groups in total. The second-order valence-corrected chi connectivity index (χ2v) is 8.01. The first-order valence-corrected chi connectivity index (χ1v) is 8.39. The number of hydrogen-bond donors (Lipinski definition) is 0. The molecule has 3 aliphatic rings. The van der Waals surface area contributed by atoms with Gasteiger partial charge in [-0.25, -0.2) is 0 Å². The maximum atomic E-state index is 12.7. The maximum Gasteiger partial charge on any atom is 0.142 e. The summed E-state index contributed by atoms with van der Waals surface area (Å²) in [5, 5.41) is 1.24. The molecule has 96 valence electrons. The first kappa shape index (κ1) is 12.3. The zero-order valence-electron chi connectivity index (χ0n) is 10.4. The second-order valence-electron chi connectivity index (χ2n) is 6.03. The van der Waals surface area contributed by atoms with Crippen LogP contribution in [0.3, 0.4) is 0 Å². The van der Waals surface area contributed by atoms with Crippen LogP contribution in [0.15, 0.2) is 0 Å². The Morgan fingerprint density at radius 3 is 2.76 bits per heavy atom. The van der Waals surface area contributed by atoms with E-state index in [0.29, 0.717) is 28.1 Å². The number of thioether (sulfide) groups is 1. The Kier molecular flexibility index (Phi) is 3.47. The van der Waals surface area contributed by atoms with Crippen molar-refractivity contribution in [1.82, 2.24) is 0 Å². The molecule has 2 aliphatic carbocycles. The van der Waals surface area contributed by atoms with Gasteiger partial charge < -0.3 is 0 Å². The summed E-state index contributed by atoms with van der Waals surface area (Å²) >= 11 is 8.56. The van der Waals surface area contributed by atoms with E-state index in [-0.39, 0.29) is 11.3 Å². The fraction of sp³-hybridized carbons (Fsp3) is 0.929. The van der Waals surface area contributed by atoms with Gasteiger partial charge in [0.25, 0.3) is 0 Å². The summed E-state index contributed by atoms with van der Waals surface area (Å²) in [6.45, 7) is 2.31. The lowest BCUT2D eigenvalue weighted by Gasteiger charge is -2.48. The van der Waals surface area contributed by atoms with Gasteiger partial charge in [0.15, 0.2) is 0 Å². The van der Waals surface area contributed by atoms with Crippen molar-refractivity contribution in [2.24, 2.45) is 17.8 Å². The third-order valence-electron chi connectivity index (χ3n) is 4.93. The summed E-state index contributed by atoms with van der Waals surface area (Å²) in [5.41, 5.74) is 0. The fourth-order valence-electron chi connectivity index (χ4n) is 3.92. The van der Waals surface area contributed by atoms with E-state index < -0.39 is 0 Å². The normalized spacial score (nSPS) is 50.6. The number of alkyl halides is 1. The third-order valence-corrected chi connectivity index (χ3v) is 7.41. The van der Waals surface area contributed by atoms with Crippen LogP contribution in [0.4, 0.5) is 0 Å². The fourth-order valence-corrected chi connectivity index (χ4v) is 6.48. The topological polar surface area (TPSA) is 17.1 Å². The third kappa shape index (κ3) is 2.06. The Labute approximate surface area is 113 Å². The average molecular weight is 273 g/mol. The molecule has 3 heteroatoms. The van der Waals surface area contributed by atoms with Gasteiger partial charge in [-0.1, -0.05) is 19.8 Å². The van der Waals surface area contributed by atoms with Crippen molar-refractivity contribution in [3.8, 4) is 0 Å². The molecule has 0 radical (unpaired) electrons. The molecule has 0 bridgehead atoms. The lowest BCUT2D eigenvalue weighted by atomic mass is 9.72. The van der Waals surface area contributed by atoms with Gasteiger partial charge in [0.2, 0.25) is 0 Å². The quantitative estimate of drug-likeness (QED) is 0.623. The van der Waals surface area contributed by atoms with Crippen molar-refractivity contribution >= 4 is 29.1 Å². The highest BCUT2D eigenvalue weighted by atomic mass is 35.5. The van der Waals surface area contributed by atoms with Crippen LogP contribution in [0.25, 0.3) is 0 Å². The zero-order valence-corrected chi connectivity index (χ0v) is 12.0. The number of Topliss-reactive ketones (excluding diaryl/α,β-unsaturated/α-hetero) is 1. The summed E-state index contributed by atoms with van der Waals surface area (Å²) in [4.78, 5) is 12.7. The Morgan fingerprint density at radius 2 is 1.94 bits per heavy atom. The van der Waals surface area contributed by atoms with Gasteiger partial charge in [-0.2, -0.15) is 11.8 Å². The minimum atomic E-state index is 0.110. The molecule has 17 heavy (non-hydrogen) atoms. The molecule has 1 aliphatic heterocycles. The van der Waals surface area contributed by atoms with Gasteiger partial charge in [-0.3, -0.25) is 4.79 Å². The molecular formula is C14H21ClOS. The van der Waals surface area contributed by atoms with Crippen LogP contribution in [0.2, 0.25) is 0 Å². The standard InChI is InChI=1S/C14H21ClOS/c1-8-6-7-10(15)12-13(16)9-4-2-3-5-11(9)17-14(8)12/h8-12,14H,2-7H2,1H3. The van der Waals surface area contributed by atoms with Crippen LogP contribution in [0, 0.1) is 17.8 Å². The number of carbonyl (C=O) groups is 1. The Bertz CT molecular complexity index is 319. The van der Waals surface area contributed by atoms with Gasteiger partial charge >= 0.3 is 0 Å². The smallest absolute Gasteiger partial charge is 0.142 e. The minimum Gasteiger partial charge on any atom is -0.299 e. The highest BCUT2D eigenvalue weighted by molar-refractivity contribution is 8.00. The summed E-state index contributed by atoms with van der Waals surface area (Å²) < 4.78 is 0. The van der Waals surface area contributed by atoms with Crippen LogP contribution < -0.4 is 0 Å². The molecule has 0 aromatic carbocycles. The first-order chi connectivity index (χ1) is 8.18. The van der Waals surface area contributed by atoms with Crippen molar-refractivity contribution in [2.75, 3.05) is 0 Å². The number of halogens is 1. The molecule has 2 saturated carbocycles. The predicted octanol–water partition coefficient (Wildman–Crippen LogP) is 3.88. The van der Waals surface area contributed by atoms with E-state index in [4.69, 9.17) is 11.6 Å². The number of fused-ring (bicyclic) bond motifs is 2. The van der Waals surface area contributed by atoms with Crippen LogP contribution in [-0.4, -0.2) is 21.7 Å². The molecule has 0 aromatic rings. The Morgan fingerprint density at radius 1 is 1.18 bits per heavy atom. The van der Waals surface area contributed by atoms with Gasteiger partial charge in [-0.15, -0.1) is 11.6 Å². The molecule has 3 rings (SSSR count). The lowest BCUT2D eigenvalue weighted by Crippen LogP contribution is -2.51. The van der Waals surface area contributed by atoms with Gasteiger partial charge in [0.1, 0.15) is 5.78 Å². The van der Waals surface area contributed by atoms with Crippen LogP contribution in [-0.2, 0) is 4.79 Å². The van der Waals surface area contributed by atoms with E-state index in [0.717, 1.165) is 12.8 Å². The van der Waals surface area contributed by atoms with Crippen LogP contribution in [0.5, 0.6) is 0 Å². The van der Waals surface area contributed by atoms with Crippen LogP contribution in [0.1, 0.15) is 45.4 Å². The van der Waals surface area contributed by atoms with Crippen molar-refractivity contribution in [3.63, 3.8) is 0 Å². The summed E-state index contributed by atoms with van der Waals surface area (Å²) in [6, 6.07) is 0. The number of ketones is 1. The predicted molar refractivity (Wildman–Crippen MR) is 73.7 cm³/mol. The molecule has 0 spiro atoms. The highest BCUT2D eigenvalue weighted by Gasteiger charge is 2.50. The van der Waals surface area contributed by atoms with Crippen LogP contribution >= 0.6 is 23.4 Å². The summed E-state index contributed by atoms with van der Waals surface area (Å²) in [5.74, 6) is 1.68. The molecule has 0 amide bonds. The maximum absolute atomic E-state index is 12.7. The van der Waals surface area contributed by atoms with Gasteiger partial charge in [0.05, 0.1) is 0 Å². The van der Waals surface area contributed by atoms with E-state index in [1.54, 1.807) is 0 Å². The monoisotopic (exact) mass is 272 g/mol. The summed E-state index contributed by atoms with van der Waals surface area (Å²) in [7, 11) is 0. The minimum absolute atomic E-state index is 0.110. The number of rotatable bonds is 0. The molecule has 6 atom stereocenters. The molecule has 1 heterocycles. The molecule has 1 nitrogen and oxygen atoms in total. The van der Waals surface area contributed by atoms with Crippen molar-refractivity contribution < 1.29 is 4.79 Å². The van der Waals surface area contributed by atoms with Crippen molar-refractivity contribution in [2.45, 2.75) is 61.3 Å². The Hall–Kier alpha value is 0.310. The average Bonchev–Trinajstić information content (AvgIpc) is 2.34. The van der Waals surface area contributed by atoms with Gasteiger partial charge in [0, 0.05) is 27.7 Å². The lowest BCUT2D eigenvalue weighted by molar-refractivity contribution is -0.129. The second kappa shape index (κ2) is 4.77. The number of carbonyl (C=O) groups excluding carboxylic acids is 1. The van der Waals surface area contributed by atoms with E-state index in [9.17, 15) is 4.79 Å². The van der Waals surface area contributed by atoms with E-state index in [1.165, 1.54) is 25.7 Å². The van der Waals surface area contributed by atoms with Crippen molar-refractivity contribution in [1.29, 1.82) is 0 Å². The first-order valence-electron chi connectivity index (χ1n) is 7.01. The van der Waals surface area contributed by atoms with Crippen molar-refractivity contribution in [3.05, 3.63) is 0 Å². The van der Waals surface area contributed by atoms with E-state index in [2.05, 4.69) is 18.7 Å². The molecule has 1 saturated heterocycles. The largest absolute Gasteiger partial charge is 0.299 e.